The number of carbonyl (C=O) groups is 1. The van der Waals surface area contributed by atoms with Crippen molar-refractivity contribution in [2.24, 2.45) is 5.73 Å². The summed E-state index contributed by atoms with van der Waals surface area (Å²) in [5.41, 5.74) is 6.76. The highest BCUT2D eigenvalue weighted by Crippen LogP contribution is 2.29. The fourth-order valence-corrected chi connectivity index (χ4v) is 1.59. The monoisotopic (exact) mass is 266 g/mol. The van der Waals surface area contributed by atoms with Crippen LogP contribution in [0.25, 0.3) is 0 Å². The highest BCUT2D eigenvalue weighted by Gasteiger charge is 2.10. The van der Waals surface area contributed by atoms with E-state index >= 15 is 0 Å². The van der Waals surface area contributed by atoms with E-state index in [1.165, 1.54) is 0 Å². The minimum Gasteiger partial charge on any atom is -0.493 e. The van der Waals surface area contributed by atoms with Gasteiger partial charge in [0.05, 0.1) is 7.11 Å². The Bertz CT molecular complexity index is 431. The minimum atomic E-state index is -0.159. The lowest BCUT2D eigenvalue weighted by molar-refractivity contribution is -0.123. The Morgan fingerprint density at radius 2 is 2.00 bits per heavy atom. The molecule has 106 valence electrons. The molecule has 1 aromatic carbocycles. The van der Waals surface area contributed by atoms with Crippen LogP contribution in [-0.2, 0) is 4.79 Å². The number of ether oxygens (including phenoxy) is 2. The molecule has 0 aromatic heterocycles. The summed E-state index contributed by atoms with van der Waals surface area (Å²) < 4.78 is 10.7. The van der Waals surface area contributed by atoms with Gasteiger partial charge in [0.25, 0.3) is 5.91 Å². The van der Waals surface area contributed by atoms with Crippen molar-refractivity contribution in [2.75, 3.05) is 13.7 Å². The second-order valence-corrected chi connectivity index (χ2v) is 4.71. The maximum atomic E-state index is 11.5. The molecule has 0 aliphatic carbocycles. The van der Waals surface area contributed by atoms with Crippen molar-refractivity contribution in [3.63, 3.8) is 0 Å². The van der Waals surface area contributed by atoms with Crippen LogP contribution in [0.2, 0.25) is 0 Å². The number of amides is 1. The molecule has 0 aliphatic heterocycles. The number of nitrogens with one attached hydrogen (secondary N) is 1. The van der Waals surface area contributed by atoms with Crippen LogP contribution in [0.5, 0.6) is 11.5 Å². The summed E-state index contributed by atoms with van der Waals surface area (Å²) in [6, 6.07) is 5.47. The van der Waals surface area contributed by atoms with Gasteiger partial charge in [-0.3, -0.25) is 4.79 Å². The van der Waals surface area contributed by atoms with E-state index in [0.29, 0.717) is 11.5 Å². The molecule has 0 heterocycles. The summed E-state index contributed by atoms with van der Waals surface area (Å²) in [7, 11) is 1.56. The van der Waals surface area contributed by atoms with Crippen LogP contribution in [0.4, 0.5) is 0 Å². The van der Waals surface area contributed by atoms with E-state index in [2.05, 4.69) is 5.32 Å². The molecule has 0 unspecified atom stereocenters. The zero-order valence-corrected chi connectivity index (χ0v) is 11.9. The number of hydrogen-bond donors (Lipinski definition) is 2. The predicted octanol–water partition coefficient (Wildman–Crippen LogP) is 1.62. The quantitative estimate of drug-likeness (QED) is 0.820. The molecule has 0 radical (unpaired) electrons. The van der Waals surface area contributed by atoms with Gasteiger partial charge in [-0.05, 0) is 38.5 Å². The number of benzene rings is 1. The van der Waals surface area contributed by atoms with E-state index in [1.807, 2.05) is 32.9 Å². The molecule has 0 bridgehead atoms. The molecule has 5 heteroatoms. The second kappa shape index (κ2) is 6.99. The summed E-state index contributed by atoms with van der Waals surface area (Å²) in [5.74, 6) is 0.950. The van der Waals surface area contributed by atoms with Gasteiger partial charge < -0.3 is 20.5 Å². The van der Waals surface area contributed by atoms with Gasteiger partial charge in [-0.1, -0.05) is 6.07 Å². The van der Waals surface area contributed by atoms with Gasteiger partial charge in [0, 0.05) is 12.1 Å². The molecular formula is C14H22N2O3. The Morgan fingerprint density at radius 1 is 1.32 bits per heavy atom. The van der Waals surface area contributed by atoms with E-state index in [-0.39, 0.29) is 24.6 Å². The molecule has 19 heavy (non-hydrogen) atoms. The molecule has 1 amide bonds. The average molecular weight is 266 g/mol. The summed E-state index contributed by atoms with van der Waals surface area (Å²) in [4.78, 5) is 11.5. The fraction of sp³-hybridized carbons (Fsp3) is 0.500. The first-order chi connectivity index (χ1) is 8.93. The Kier molecular flexibility index (Phi) is 5.63. The van der Waals surface area contributed by atoms with Gasteiger partial charge in [-0.25, -0.2) is 0 Å². The fourth-order valence-electron chi connectivity index (χ4n) is 1.59. The first-order valence-electron chi connectivity index (χ1n) is 6.29. The highest BCUT2D eigenvalue weighted by molar-refractivity contribution is 5.77. The Balaban J connectivity index is 2.70. The molecular weight excluding hydrogens is 244 g/mol. The van der Waals surface area contributed by atoms with E-state index in [0.717, 1.165) is 5.56 Å². The molecule has 0 spiro atoms. The summed E-state index contributed by atoms with van der Waals surface area (Å²) >= 11 is 0. The normalized spacial score (nSPS) is 12.1. The first-order valence-corrected chi connectivity index (χ1v) is 6.29. The van der Waals surface area contributed by atoms with E-state index < -0.39 is 0 Å². The van der Waals surface area contributed by atoms with Crippen LogP contribution in [0, 0.1) is 0 Å². The number of carbonyl (C=O) groups excluding carboxylic acids is 1. The lowest BCUT2D eigenvalue weighted by Crippen LogP contribution is -2.34. The second-order valence-electron chi connectivity index (χ2n) is 4.71. The van der Waals surface area contributed by atoms with Crippen LogP contribution in [0.15, 0.2) is 18.2 Å². The van der Waals surface area contributed by atoms with Crippen LogP contribution < -0.4 is 20.5 Å². The van der Waals surface area contributed by atoms with E-state index in [9.17, 15) is 4.79 Å². The van der Waals surface area contributed by atoms with Crippen molar-refractivity contribution in [1.29, 1.82) is 0 Å². The highest BCUT2D eigenvalue weighted by atomic mass is 16.5. The maximum absolute atomic E-state index is 11.5. The van der Waals surface area contributed by atoms with E-state index in [1.54, 1.807) is 13.2 Å². The van der Waals surface area contributed by atoms with Crippen molar-refractivity contribution >= 4 is 5.91 Å². The Hall–Kier alpha value is -1.75. The zero-order chi connectivity index (χ0) is 14.4. The number of methoxy groups -OCH3 is 1. The van der Waals surface area contributed by atoms with Gasteiger partial charge in [-0.15, -0.1) is 0 Å². The van der Waals surface area contributed by atoms with Gasteiger partial charge in [-0.2, -0.15) is 0 Å². The Labute approximate surface area is 114 Å². The number of nitrogens with two attached hydrogens (primary N) is 1. The van der Waals surface area contributed by atoms with Gasteiger partial charge >= 0.3 is 0 Å². The van der Waals surface area contributed by atoms with Crippen LogP contribution >= 0.6 is 0 Å². The first kappa shape index (κ1) is 15.3. The van der Waals surface area contributed by atoms with Crippen molar-refractivity contribution in [3.8, 4) is 11.5 Å². The summed E-state index contributed by atoms with van der Waals surface area (Å²) in [5, 5.41) is 2.76. The van der Waals surface area contributed by atoms with Gasteiger partial charge in [0.2, 0.25) is 0 Å². The third-order valence-corrected chi connectivity index (χ3v) is 2.52. The Morgan fingerprint density at radius 3 is 2.53 bits per heavy atom. The van der Waals surface area contributed by atoms with Crippen molar-refractivity contribution in [2.45, 2.75) is 32.9 Å². The topological polar surface area (TPSA) is 73.6 Å². The molecule has 5 nitrogen and oxygen atoms in total. The third-order valence-electron chi connectivity index (χ3n) is 2.52. The van der Waals surface area contributed by atoms with Crippen LogP contribution in [0.1, 0.15) is 32.4 Å². The molecule has 0 aliphatic rings. The lowest BCUT2D eigenvalue weighted by atomic mass is 10.1. The molecule has 0 saturated carbocycles. The van der Waals surface area contributed by atoms with Gasteiger partial charge in [0.15, 0.2) is 18.1 Å². The lowest BCUT2D eigenvalue weighted by Gasteiger charge is -2.14. The van der Waals surface area contributed by atoms with Crippen molar-refractivity contribution in [3.05, 3.63) is 23.8 Å². The number of rotatable bonds is 6. The third kappa shape index (κ3) is 4.79. The largest absolute Gasteiger partial charge is 0.493 e. The molecule has 1 rings (SSSR count). The standard InChI is InChI=1S/C14H22N2O3/c1-9(2)16-14(17)8-19-12-6-5-11(10(3)15)7-13(12)18-4/h5-7,9-10H,8,15H2,1-4H3,(H,16,17)/t10-/m0/s1. The molecule has 3 N–H and O–H groups in total. The molecule has 1 aromatic rings. The summed E-state index contributed by atoms with van der Waals surface area (Å²) in [6.45, 7) is 5.66. The minimum absolute atomic E-state index is 0.0356. The SMILES string of the molecule is COc1cc([C@H](C)N)ccc1OCC(=O)NC(C)C. The average Bonchev–Trinajstić information content (AvgIpc) is 2.35. The van der Waals surface area contributed by atoms with E-state index in [4.69, 9.17) is 15.2 Å². The predicted molar refractivity (Wildman–Crippen MR) is 74.4 cm³/mol. The molecule has 0 fully saturated rings. The maximum Gasteiger partial charge on any atom is 0.258 e. The van der Waals surface area contributed by atoms with Crippen LogP contribution in [-0.4, -0.2) is 25.7 Å². The number of hydrogen-bond acceptors (Lipinski definition) is 4. The molecule has 0 saturated heterocycles. The van der Waals surface area contributed by atoms with Crippen molar-refractivity contribution in [1.82, 2.24) is 5.32 Å². The van der Waals surface area contributed by atoms with Crippen LogP contribution in [0.3, 0.4) is 0 Å². The zero-order valence-electron chi connectivity index (χ0n) is 11.9. The van der Waals surface area contributed by atoms with Crippen molar-refractivity contribution < 1.29 is 14.3 Å². The molecule has 1 atom stereocenters. The van der Waals surface area contributed by atoms with Gasteiger partial charge in [0.1, 0.15) is 0 Å². The smallest absolute Gasteiger partial charge is 0.258 e. The summed E-state index contributed by atoms with van der Waals surface area (Å²) in [6.07, 6.45) is 0.